The molecule has 0 saturated carbocycles. The number of nitrogens with one attached hydrogen (secondary N) is 1. The Bertz CT molecular complexity index is 349. The smallest absolute Gasteiger partial charge is 0.407 e. The number of rotatable bonds is 17. The van der Waals surface area contributed by atoms with E-state index in [4.69, 9.17) is 14.2 Å². The highest BCUT2D eigenvalue weighted by molar-refractivity contribution is 5.81. The Morgan fingerprint density at radius 3 is 2.00 bits per heavy atom. The van der Waals surface area contributed by atoms with Gasteiger partial charge in [-0.05, 0) is 12.8 Å². The van der Waals surface area contributed by atoms with Crippen LogP contribution in [0.4, 0.5) is 4.79 Å². The number of carbonyl (C=O) groups excluding carboxylic acids is 2. The van der Waals surface area contributed by atoms with Gasteiger partial charge in [-0.25, -0.2) is 9.59 Å². The molecule has 1 N–H and O–H groups in total. The zero-order valence-corrected chi connectivity index (χ0v) is 17.0. The maximum absolute atomic E-state index is 12.2. The standard InChI is InChI=1S/C20H39NO5/c1-4-6-8-9-10-11-12-13-15-25-19(22)18(14-7-5-2)21-20(23)26-17-16-24-3/h18H,4-17H2,1-3H3,(H,21,23). The molecule has 0 spiro atoms. The first kappa shape index (κ1) is 24.7. The Kier molecular flexibility index (Phi) is 17.6. The summed E-state index contributed by atoms with van der Waals surface area (Å²) in [5.41, 5.74) is 0. The first-order valence-electron chi connectivity index (χ1n) is 10.2. The first-order valence-corrected chi connectivity index (χ1v) is 10.2. The number of alkyl carbamates (subject to hydrolysis) is 1. The second kappa shape index (κ2) is 18.5. The van der Waals surface area contributed by atoms with E-state index >= 15 is 0 Å². The number of unbranched alkanes of at least 4 members (excludes halogenated alkanes) is 8. The van der Waals surface area contributed by atoms with Crippen LogP contribution in [0, 0.1) is 0 Å². The summed E-state index contributed by atoms with van der Waals surface area (Å²) in [6.07, 6.45) is 11.3. The van der Waals surface area contributed by atoms with Gasteiger partial charge < -0.3 is 19.5 Å². The van der Waals surface area contributed by atoms with Crippen LogP contribution in [-0.2, 0) is 19.0 Å². The lowest BCUT2D eigenvalue weighted by atomic mass is 10.1. The van der Waals surface area contributed by atoms with Crippen molar-refractivity contribution in [1.29, 1.82) is 0 Å². The van der Waals surface area contributed by atoms with E-state index in [1.807, 2.05) is 6.92 Å². The zero-order chi connectivity index (χ0) is 19.5. The van der Waals surface area contributed by atoms with E-state index in [9.17, 15) is 9.59 Å². The Morgan fingerprint density at radius 1 is 0.769 bits per heavy atom. The first-order chi connectivity index (χ1) is 12.7. The molecule has 0 heterocycles. The van der Waals surface area contributed by atoms with Gasteiger partial charge in [0.25, 0.3) is 0 Å². The fourth-order valence-electron chi connectivity index (χ4n) is 2.57. The van der Waals surface area contributed by atoms with E-state index in [0.717, 1.165) is 25.7 Å². The Balaban J connectivity index is 3.94. The van der Waals surface area contributed by atoms with Crippen molar-refractivity contribution in [2.24, 2.45) is 0 Å². The molecule has 0 saturated heterocycles. The van der Waals surface area contributed by atoms with Gasteiger partial charge in [-0.2, -0.15) is 0 Å². The van der Waals surface area contributed by atoms with Crippen LogP contribution in [0.1, 0.15) is 84.5 Å². The lowest BCUT2D eigenvalue weighted by Crippen LogP contribution is -2.42. The molecule has 1 amide bonds. The van der Waals surface area contributed by atoms with Crippen LogP contribution in [-0.4, -0.2) is 45.0 Å². The normalized spacial score (nSPS) is 11.8. The molecule has 0 aromatic heterocycles. The summed E-state index contributed by atoms with van der Waals surface area (Å²) in [7, 11) is 1.54. The minimum atomic E-state index is -0.640. The molecule has 6 heteroatoms. The second-order valence-corrected chi connectivity index (χ2v) is 6.61. The SMILES string of the molecule is CCCCCCCCCCOC(=O)C(CCCC)NC(=O)OCCOC. The van der Waals surface area contributed by atoms with Crippen molar-refractivity contribution in [3.63, 3.8) is 0 Å². The molecule has 1 atom stereocenters. The van der Waals surface area contributed by atoms with Crippen molar-refractivity contribution in [2.45, 2.75) is 90.5 Å². The largest absolute Gasteiger partial charge is 0.464 e. The molecule has 0 aliphatic rings. The van der Waals surface area contributed by atoms with E-state index < -0.39 is 12.1 Å². The number of amides is 1. The topological polar surface area (TPSA) is 73.9 Å². The fourth-order valence-corrected chi connectivity index (χ4v) is 2.57. The van der Waals surface area contributed by atoms with E-state index in [1.54, 1.807) is 0 Å². The molecule has 1 unspecified atom stereocenters. The monoisotopic (exact) mass is 373 g/mol. The second-order valence-electron chi connectivity index (χ2n) is 6.61. The third kappa shape index (κ3) is 15.0. The average Bonchev–Trinajstić information content (AvgIpc) is 2.63. The van der Waals surface area contributed by atoms with Gasteiger partial charge >= 0.3 is 12.1 Å². The Morgan fingerprint density at radius 2 is 1.38 bits per heavy atom. The van der Waals surface area contributed by atoms with Crippen molar-refractivity contribution in [3.8, 4) is 0 Å². The van der Waals surface area contributed by atoms with Crippen molar-refractivity contribution in [3.05, 3.63) is 0 Å². The molecule has 0 aliphatic heterocycles. The number of ether oxygens (including phenoxy) is 3. The summed E-state index contributed by atoms with van der Waals surface area (Å²) in [6.45, 7) is 5.17. The summed E-state index contributed by atoms with van der Waals surface area (Å²) in [5, 5.41) is 2.60. The molecular formula is C20H39NO5. The molecule has 0 aromatic carbocycles. The maximum atomic E-state index is 12.2. The van der Waals surface area contributed by atoms with Crippen molar-refractivity contribution >= 4 is 12.1 Å². The maximum Gasteiger partial charge on any atom is 0.407 e. The third-order valence-electron chi connectivity index (χ3n) is 4.19. The molecule has 6 nitrogen and oxygen atoms in total. The van der Waals surface area contributed by atoms with Gasteiger partial charge in [-0.3, -0.25) is 0 Å². The van der Waals surface area contributed by atoms with Gasteiger partial charge in [-0.1, -0.05) is 71.6 Å². The third-order valence-corrected chi connectivity index (χ3v) is 4.19. The highest BCUT2D eigenvalue weighted by Crippen LogP contribution is 2.09. The quantitative estimate of drug-likeness (QED) is 0.298. The zero-order valence-electron chi connectivity index (χ0n) is 17.0. The lowest BCUT2D eigenvalue weighted by Gasteiger charge is -2.17. The minimum Gasteiger partial charge on any atom is -0.464 e. The van der Waals surface area contributed by atoms with Crippen molar-refractivity contribution in [1.82, 2.24) is 5.32 Å². The fraction of sp³-hybridized carbons (Fsp3) is 0.900. The van der Waals surface area contributed by atoms with Gasteiger partial charge in [0.2, 0.25) is 0 Å². The predicted molar refractivity (Wildman–Crippen MR) is 103 cm³/mol. The molecular weight excluding hydrogens is 334 g/mol. The van der Waals surface area contributed by atoms with Gasteiger partial charge in [0.1, 0.15) is 12.6 Å². The molecule has 0 aliphatic carbocycles. The number of hydrogen-bond acceptors (Lipinski definition) is 5. The molecule has 0 radical (unpaired) electrons. The molecule has 0 fully saturated rings. The summed E-state index contributed by atoms with van der Waals surface area (Å²) >= 11 is 0. The lowest BCUT2D eigenvalue weighted by molar-refractivity contribution is -0.146. The summed E-state index contributed by atoms with van der Waals surface area (Å²) < 4.78 is 15.1. The summed E-state index contributed by atoms with van der Waals surface area (Å²) in [4.78, 5) is 23.9. The molecule has 0 bridgehead atoms. The summed E-state index contributed by atoms with van der Waals surface area (Å²) in [5.74, 6) is -0.370. The van der Waals surface area contributed by atoms with E-state index in [2.05, 4.69) is 12.2 Å². The number of esters is 1. The van der Waals surface area contributed by atoms with Gasteiger partial charge in [0.05, 0.1) is 13.2 Å². The highest BCUT2D eigenvalue weighted by Gasteiger charge is 2.22. The number of methoxy groups -OCH3 is 1. The van der Waals surface area contributed by atoms with E-state index in [-0.39, 0.29) is 12.6 Å². The van der Waals surface area contributed by atoms with Gasteiger partial charge in [-0.15, -0.1) is 0 Å². The predicted octanol–water partition coefficient (Wildman–Crippen LogP) is 4.60. The van der Waals surface area contributed by atoms with E-state index in [0.29, 0.717) is 19.6 Å². The van der Waals surface area contributed by atoms with Crippen LogP contribution in [0.2, 0.25) is 0 Å². The molecule has 0 aromatic rings. The van der Waals surface area contributed by atoms with Crippen LogP contribution in [0.3, 0.4) is 0 Å². The molecule has 0 rings (SSSR count). The van der Waals surface area contributed by atoms with Crippen LogP contribution < -0.4 is 5.32 Å². The average molecular weight is 374 g/mol. The van der Waals surface area contributed by atoms with Gasteiger partial charge in [0.15, 0.2) is 0 Å². The van der Waals surface area contributed by atoms with Crippen LogP contribution in [0.15, 0.2) is 0 Å². The number of carbonyl (C=O) groups is 2. The van der Waals surface area contributed by atoms with E-state index in [1.165, 1.54) is 45.6 Å². The van der Waals surface area contributed by atoms with Crippen molar-refractivity contribution < 1.29 is 23.8 Å². The Labute approximate surface area is 159 Å². The van der Waals surface area contributed by atoms with Crippen LogP contribution in [0.25, 0.3) is 0 Å². The molecule has 26 heavy (non-hydrogen) atoms. The number of hydrogen-bond donors (Lipinski definition) is 1. The summed E-state index contributed by atoms with van der Waals surface area (Å²) in [6, 6.07) is -0.640. The Hall–Kier alpha value is -1.30. The molecule has 154 valence electrons. The minimum absolute atomic E-state index is 0.163. The van der Waals surface area contributed by atoms with Gasteiger partial charge in [0, 0.05) is 7.11 Å². The van der Waals surface area contributed by atoms with Crippen LogP contribution in [0.5, 0.6) is 0 Å². The van der Waals surface area contributed by atoms with Crippen molar-refractivity contribution in [2.75, 3.05) is 26.9 Å². The van der Waals surface area contributed by atoms with Crippen LogP contribution >= 0.6 is 0 Å². The highest BCUT2D eigenvalue weighted by atomic mass is 16.6.